The van der Waals surface area contributed by atoms with Gasteiger partial charge in [-0.15, -0.1) is 0 Å². The highest BCUT2D eigenvalue weighted by Gasteiger charge is 2.50. The Bertz CT molecular complexity index is 346. The molecule has 100 valence electrons. The average molecular weight is 252 g/mol. The maximum absolute atomic E-state index is 12.3. The maximum Gasteiger partial charge on any atom is 0.334 e. The molecule has 18 heavy (non-hydrogen) atoms. The normalized spacial score (nSPS) is 27.3. The lowest BCUT2D eigenvalue weighted by atomic mass is 9.90. The Balaban J connectivity index is 2.31. The van der Waals surface area contributed by atoms with Gasteiger partial charge in [-0.25, -0.2) is 4.79 Å². The molecule has 1 aliphatic heterocycles. The number of hydrogen-bond donors (Lipinski definition) is 0. The molecule has 2 rings (SSSR count). The first-order valence-electron chi connectivity index (χ1n) is 6.79. The molecule has 2 atom stereocenters. The molecule has 1 saturated heterocycles. The molecule has 2 aliphatic rings. The van der Waals surface area contributed by atoms with Crippen molar-refractivity contribution in [3.63, 3.8) is 0 Å². The summed E-state index contributed by atoms with van der Waals surface area (Å²) in [5.74, 6) is -0.327. The van der Waals surface area contributed by atoms with E-state index in [0.29, 0.717) is 12.8 Å². The van der Waals surface area contributed by atoms with Gasteiger partial charge in [-0.2, -0.15) is 0 Å². The fraction of sp³-hybridized carbons (Fsp3) is 0.769. The van der Waals surface area contributed by atoms with E-state index < -0.39 is 6.03 Å². The van der Waals surface area contributed by atoms with Gasteiger partial charge in [-0.3, -0.25) is 19.4 Å². The van der Waals surface area contributed by atoms with E-state index in [9.17, 15) is 14.4 Å². The van der Waals surface area contributed by atoms with Crippen molar-refractivity contribution < 1.29 is 14.4 Å². The van der Waals surface area contributed by atoms with Crippen LogP contribution in [0.5, 0.6) is 0 Å². The molecule has 1 saturated carbocycles. The van der Waals surface area contributed by atoms with Gasteiger partial charge in [-0.1, -0.05) is 26.7 Å². The second kappa shape index (κ2) is 5.08. The number of imide groups is 2. The van der Waals surface area contributed by atoms with Crippen molar-refractivity contribution in [2.24, 2.45) is 0 Å². The van der Waals surface area contributed by atoms with Gasteiger partial charge in [0, 0.05) is 12.8 Å². The van der Waals surface area contributed by atoms with Crippen LogP contribution in [0.2, 0.25) is 0 Å². The third-order valence-corrected chi connectivity index (χ3v) is 3.91. The largest absolute Gasteiger partial charge is 0.334 e. The number of hydrogen-bond acceptors (Lipinski definition) is 3. The van der Waals surface area contributed by atoms with Gasteiger partial charge in [0.05, 0.1) is 12.1 Å². The number of rotatable bonds is 2. The number of amides is 4. The Morgan fingerprint density at radius 2 is 1.39 bits per heavy atom. The van der Waals surface area contributed by atoms with Crippen LogP contribution in [0.3, 0.4) is 0 Å². The highest BCUT2D eigenvalue weighted by molar-refractivity contribution is 6.04. The molecule has 0 spiro atoms. The summed E-state index contributed by atoms with van der Waals surface area (Å²) in [6.45, 7) is 3.50. The zero-order chi connectivity index (χ0) is 13.3. The van der Waals surface area contributed by atoms with E-state index in [-0.39, 0.29) is 23.9 Å². The Labute approximate surface area is 107 Å². The molecule has 0 aromatic carbocycles. The van der Waals surface area contributed by atoms with E-state index in [1.165, 1.54) is 9.80 Å². The summed E-state index contributed by atoms with van der Waals surface area (Å²) in [6.07, 6.45) is 4.32. The number of carbonyl (C=O) groups excluding carboxylic acids is 3. The lowest BCUT2D eigenvalue weighted by Gasteiger charge is -2.30. The van der Waals surface area contributed by atoms with Crippen molar-refractivity contribution in [3.8, 4) is 0 Å². The molecule has 0 bridgehead atoms. The minimum atomic E-state index is -0.398. The Hall–Kier alpha value is -1.39. The van der Waals surface area contributed by atoms with Crippen molar-refractivity contribution in [1.82, 2.24) is 9.80 Å². The summed E-state index contributed by atoms with van der Waals surface area (Å²) in [5.41, 5.74) is 0. The molecule has 2 fully saturated rings. The summed E-state index contributed by atoms with van der Waals surface area (Å²) in [4.78, 5) is 38.8. The zero-order valence-corrected chi connectivity index (χ0v) is 11.0. The van der Waals surface area contributed by atoms with Crippen LogP contribution < -0.4 is 0 Å². The maximum atomic E-state index is 12.3. The van der Waals surface area contributed by atoms with E-state index in [1.807, 2.05) is 0 Å². The summed E-state index contributed by atoms with van der Waals surface area (Å²) >= 11 is 0. The van der Waals surface area contributed by atoms with Crippen LogP contribution in [-0.2, 0) is 9.59 Å². The molecule has 0 N–H and O–H groups in total. The molecule has 5 nitrogen and oxygen atoms in total. The van der Waals surface area contributed by atoms with Crippen molar-refractivity contribution >= 4 is 17.8 Å². The first kappa shape index (κ1) is 13.1. The fourth-order valence-corrected chi connectivity index (χ4v) is 3.02. The quantitative estimate of drug-likeness (QED) is 0.754. The van der Waals surface area contributed by atoms with Gasteiger partial charge in [0.25, 0.3) is 0 Å². The molecule has 1 heterocycles. The molecule has 5 heteroatoms. The monoisotopic (exact) mass is 252 g/mol. The summed E-state index contributed by atoms with van der Waals surface area (Å²) in [7, 11) is 0. The lowest BCUT2D eigenvalue weighted by Crippen LogP contribution is -2.42. The van der Waals surface area contributed by atoms with Crippen molar-refractivity contribution in [3.05, 3.63) is 0 Å². The number of fused-ring (bicyclic) bond motifs is 1. The third kappa shape index (κ3) is 1.91. The highest BCUT2D eigenvalue weighted by atomic mass is 16.2. The first-order chi connectivity index (χ1) is 8.61. The lowest BCUT2D eigenvalue weighted by molar-refractivity contribution is -0.129. The second-order valence-corrected chi connectivity index (χ2v) is 4.94. The first-order valence-corrected chi connectivity index (χ1v) is 6.79. The van der Waals surface area contributed by atoms with Gasteiger partial charge in [0.2, 0.25) is 11.8 Å². The van der Waals surface area contributed by atoms with E-state index in [0.717, 1.165) is 25.7 Å². The molecule has 1 aliphatic carbocycles. The number of urea groups is 1. The molecule has 0 aromatic heterocycles. The molecule has 4 amide bonds. The number of nitrogens with zero attached hydrogens (tertiary/aromatic N) is 2. The van der Waals surface area contributed by atoms with Gasteiger partial charge in [0.15, 0.2) is 0 Å². The van der Waals surface area contributed by atoms with Gasteiger partial charge >= 0.3 is 6.03 Å². The zero-order valence-electron chi connectivity index (χ0n) is 11.0. The van der Waals surface area contributed by atoms with Gasteiger partial charge < -0.3 is 0 Å². The number of carbonyl (C=O) groups is 3. The Morgan fingerprint density at radius 3 is 1.72 bits per heavy atom. The third-order valence-electron chi connectivity index (χ3n) is 3.91. The van der Waals surface area contributed by atoms with Crippen LogP contribution >= 0.6 is 0 Å². The van der Waals surface area contributed by atoms with Crippen LogP contribution in [-0.4, -0.2) is 39.7 Å². The van der Waals surface area contributed by atoms with Crippen molar-refractivity contribution in [2.75, 3.05) is 0 Å². The highest BCUT2D eigenvalue weighted by Crippen LogP contribution is 2.34. The van der Waals surface area contributed by atoms with Crippen molar-refractivity contribution in [2.45, 2.75) is 64.5 Å². The van der Waals surface area contributed by atoms with Gasteiger partial charge in [0.1, 0.15) is 0 Å². The van der Waals surface area contributed by atoms with Gasteiger partial charge in [-0.05, 0) is 12.8 Å². The minimum absolute atomic E-state index is 0.0887. The standard InChI is InChI=1S/C13H20N2O3/c1-3-11(16)14-9-7-5-6-8-10(9)15(13(14)18)12(17)4-2/h9-10H,3-8H2,1-2H3/t9-,10-/m1/s1. The predicted octanol–water partition coefficient (Wildman–Crippen LogP) is 1.91. The summed E-state index contributed by atoms with van der Waals surface area (Å²) < 4.78 is 0. The smallest absolute Gasteiger partial charge is 0.274 e. The van der Waals surface area contributed by atoms with Crippen LogP contribution in [0, 0.1) is 0 Å². The van der Waals surface area contributed by atoms with E-state index in [2.05, 4.69) is 0 Å². The van der Waals surface area contributed by atoms with Crippen LogP contribution in [0.1, 0.15) is 52.4 Å². The van der Waals surface area contributed by atoms with E-state index >= 15 is 0 Å². The molecular formula is C13H20N2O3. The van der Waals surface area contributed by atoms with E-state index in [4.69, 9.17) is 0 Å². The molecular weight excluding hydrogens is 232 g/mol. The fourth-order valence-electron chi connectivity index (χ4n) is 3.02. The topological polar surface area (TPSA) is 57.7 Å². The minimum Gasteiger partial charge on any atom is -0.274 e. The summed E-state index contributed by atoms with van der Waals surface area (Å²) in [6, 6.07) is -0.575. The van der Waals surface area contributed by atoms with Crippen molar-refractivity contribution in [1.29, 1.82) is 0 Å². The van der Waals surface area contributed by atoms with Crippen LogP contribution in [0.15, 0.2) is 0 Å². The second-order valence-electron chi connectivity index (χ2n) is 4.94. The van der Waals surface area contributed by atoms with Crippen LogP contribution in [0.25, 0.3) is 0 Å². The molecule has 0 unspecified atom stereocenters. The van der Waals surface area contributed by atoms with E-state index in [1.54, 1.807) is 13.8 Å². The molecule has 0 aromatic rings. The Morgan fingerprint density at radius 1 is 1.00 bits per heavy atom. The van der Waals surface area contributed by atoms with Crippen LogP contribution in [0.4, 0.5) is 4.79 Å². The predicted molar refractivity (Wildman–Crippen MR) is 65.7 cm³/mol. The average Bonchev–Trinajstić information content (AvgIpc) is 2.69. The Kier molecular flexibility index (Phi) is 3.68. The molecule has 0 radical (unpaired) electrons. The SMILES string of the molecule is CCC(=O)N1C(=O)N(C(=O)CC)[C@@H]2CCCC[C@H]21. The summed E-state index contributed by atoms with van der Waals surface area (Å²) in [5, 5.41) is 0.